The Morgan fingerprint density at radius 3 is 2.33 bits per heavy atom. The fourth-order valence-corrected chi connectivity index (χ4v) is 2.80. The summed E-state index contributed by atoms with van der Waals surface area (Å²) >= 11 is 0. The van der Waals surface area contributed by atoms with Crippen LogP contribution in [0.2, 0.25) is 0 Å². The lowest BCUT2D eigenvalue weighted by molar-refractivity contribution is 0.318. The van der Waals surface area contributed by atoms with E-state index >= 15 is 0 Å². The van der Waals surface area contributed by atoms with Gasteiger partial charge in [-0.15, -0.1) is 0 Å². The van der Waals surface area contributed by atoms with Crippen molar-refractivity contribution >= 4 is 10.8 Å². The molecule has 0 bridgehead atoms. The van der Waals surface area contributed by atoms with E-state index in [0.717, 1.165) is 29.1 Å². The smallest absolute Gasteiger partial charge is 0.123 e. The molecule has 1 atom stereocenters. The highest BCUT2D eigenvalue weighted by molar-refractivity contribution is 7.84. The number of aryl methyl sites for hydroxylation is 1. The molecule has 0 aliphatic rings. The van der Waals surface area contributed by atoms with E-state index in [0.29, 0.717) is 0 Å². The molecule has 4 heteroatoms. The predicted octanol–water partition coefficient (Wildman–Crippen LogP) is 3.50. The Kier molecular flexibility index (Phi) is 5.26. The van der Waals surface area contributed by atoms with E-state index in [1.54, 1.807) is 12.3 Å². The largest absolute Gasteiger partial charge is 0.298 e. The van der Waals surface area contributed by atoms with Crippen LogP contribution in [0.4, 0.5) is 4.39 Å². The van der Waals surface area contributed by atoms with Gasteiger partial charge < -0.3 is 0 Å². The van der Waals surface area contributed by atoms with Crippen molar-refractivity contribution < 1.29 is 8.60 Å². The normalized spacial score (nSPS) is 12.6. The van der Waals surface area contributed by atoms with Crippen LogP contribution in [0.25, 0.3) is 0 Å². The second kappa shape index (κ2) is 6.96. The van der Waals surface area contributed by atoms with E-state index in [1.165, 1.54) is 11.6 Å². The zero-order valence-electron chi connectivity index (χ0n) is 12.6. The SMILES string of the molecule is Cc1cc(F)ccc1CN(C)Cc1ccc([S@](C)=O)cc1. The highest BCUT2D eigenvalue weighted by Gasteiger charge is 2.06. The minimum atomic E-state index is -0.936. The van der Waals surface area contributed by atoms with Gasteiger partial charge in [0.1, 0.15) is 5.82 Å². The molecular weight excluding hydrogens is 285 g/mol. The molecule has 0 aromatic heterocycles. The van der Waals surface area contributed by atoms with Crippen LogP contribution in [0.5, 0.6) is 0 Å². The van der Waals surface area contributed by atoms with Crippen molar-refractivity contribution in [3.63, 3.8) is 0 Å². The molecule has 0 saturated carbocycles. The maximum atomic E-state index is 13.1. The molecule has 0 saturated heterocycles. The summed E-state index contributed by atoms with van der Waals surface area (Å²) < 4.78 is 24.5. The molecule has 0 amide bonds. The van der Waals surface area contributed by atoms with Crippen molar-refractivity contribution in [1.82, 2.24) is 4.90 Å². The molecule has 0 unspecified atom stereocenters. The molecule has 2 rings (SSSR count). The number of rotatable bonds is 5. The van der Waals surface area contributed by atoms with Gasteiger partial charge in [0, 0.05) is 35.0 Å². The Hall–Kier alpha value is -1.52. The summed E-state index contributed by atoms with van der Waals surface area (Å²) in [5, 5.41) is 0. The van der Waals surface area contributed by atoms with Crippen molar-refractivity contribution in [1.29, 1.82) is 0 Å². The van der Waals surface area contributed by atoms with Crippen LogP contribution >= 0.6 is 0 Å². The molecule has 0 heterocycles. The van der Waals surface area contributed by atoms with Gasteiger partial charge in [-0.05, 0) is 54.9 Å². The van der Waals surface area contributed by atoms with E-state index in [9.17, 15) is 8.60 Å². The minimum Gasteiger partial charge on any atom is -0.298 e. The van der Waals surface area contributed by atoms with Crippen LogP contribution in [-0.4, -0.2) is 22.4 Å². The number of benzene rings is 2. The van der Waals surface area contributed by atoms with Gasteiger partial charge in [0.05, 0.1) is 0 Å². The Morgan fingerprint density at radius 2 is 1.76 bits per heavy atom. The molecule has 0 aliphatic carbocycles. The zero-order valence-corrected chi connectivity index (χ0v) is 13.4. The first kappa shape index (κ1) is 15.9. The Bertz CT molecular complexity index is 640. The van der Waals surface area contributed by atoms with Crippen molar-refractivity contribution in [3.05, 3.63) is 65.0 Å². The summed E-state index contributed by atoms with van der Waals surface area (Å²) in [6.07, 6.45) is 1.68. The molecule has 2 nitrogen and oxygen atoms in total. The second-order valence-electron chi connectivity index (χ2n) is 5.34. The summed E-state index contributed by atoms with van der Waals surface area (Å²) in [5.41, 5.74) is 3.27. The van der Waals surface area contributed by atoms with Gasteiger partial charge in [0.2, 0.25) is 0 Å². The maximum Gasteiger partial charge on any atom is 0.123 e. The number of halogens is 1. The third-order valence-electron chi connectivity index (χ3n) is 3.45. The number of hydrogen-bond donors (Lipinski definition) is 0. The van der Waals surface area contributed by atoms with Crippen LogP contribution in [-0.2, 0) is 23.9 Å². The number of hydrogen-bond acceptors (Lipinski definition) is 2. The first-order chi connectivity index (χ1) is 9.95. The summed E-state index contributed by atoms with van der Waals surface area (Å²) in [6, 6.07) is 12.7. The van der Waals surface area contributed by atoms with Gasteiger partial charge >= 0.3 is 0 Å². The Balaban J connectivity index is 2.01. The molecule has 2 aromatic carbocycles. The lowest BCUT2D eigenvalue weighted by atomic mass is 10.1. The van der Waals surface area contributed by atoms with E-state index in [1.807, 2.05) is 44.3 Å². The Labute approximate surface area is 128 Å². The van der Waals surface area contributed by atoms with Crippen LogP contribution in [0.15, 0.2) is 47.4 Å². The first-order valence-electron chi connectivity index (χ1n) is 6.81. The van der Waals surface area contributed by atoms with E-state index in [2.05, 4.69) is 4.90 Å². The second-order valence-corrected chi connectivity index (χ2v) is 6.72. The molecule has 21 heavy (non-hydrogen) atoms. The molecule has 0 aliphatic heterocycles. The maximum absolute atomic E-state index is 13.1. The van der Waals surface area contributed by atoms with Gasteiger partial charge in [-0.1, -0.05) is 18.2 Å². The highest BCUT2D eigenvalue weighted by atomic mass is 32.2. The molecule has 2 aromatic rings. The quantitative estimate of drug-likeness (QED) is 0.842. The monoisotopic (exact) mass is 305 g/mol. The van der Waals surface area contributed by atoms with Gasteiger partial charge in [0.25, 0.3) is 0 Å². The fourth-order valence-electron chi connectivity index (χ4n) is 2.28. The first-order valence-corrected chi connectivity index (χ1v) is 8.37. The third-order valence-corrected chi connectivity index (χ3v) is 4.39. The van der Waals surface area contributed by atoms with Gasteiger partial charge in [0.15, 0.2) is 0 Å². The van der Waals surface area contributed by atoms with Gasteiger partial charge in [-0.2, -0.15) is 0 Å². The van der Waals surface area contributed by atoms with Crippen molar-refractivity contribution in [3.8, 4) is 0 Å². The summed E-state index contributed by atoms with van der Waals surface area (Å²) in [4.78, 5) is 3.02. The van der Waals surface area contributed by atoms with E-state index in [-0.39, 0.29) is 5.82 Å². The average Bonchev–Trinajstić information content (AvgIpc) is 2.42. The zero-order chi connectivity index (χ0) is 15.4. The van der Waals surface area contributed by atoms with Crippen LogP contribution in [0, 0.1) is 12.7 Å². The van der Waals surface area contributed by atoms with Crippen LogP contribution < -0.4 is 0 Å². The minimum absolute atomic E-state index is 0.193. The van der Waals surface area contributed by atoms with Crippen molar-refractivity contribution in [2.45, 2.75) is 24.9 Å². The lowest BCUT2D eigenvalue weighted by Crippen LogP contribution is -2.17. The summed E-state index contributed by atoms with van der Waals surface area (Å²) in [6.45, 7) is 3.50. The van der Waals surface area contributed by atoms with E-state index in [4.69, 9.17) is 0 Å². The predicted molar refractivity (Wildman–Crippen MR) is 85.1 cm³/mol. The van der Waals surface area contributed by atoms with Gasteiger partial charge in [-0.25, -0.2) is 4.39 Å². The van der Waals surface area contributed by atoms with Crippen molar-refractivity contribution in [2.24, 2.45) is 0 Å². The number of nitrogens with zero attached hydrogens (tertiary/aromatic N) is 1. The standard InChI is InChI=1S/C17H20FNOS/c1-13-10-16(18)7-6-15(13)12-19(2)11-14-4-8-17(9-5-14)21(3)20/h4-10H,11-12H2,1-3H3/t21-/m0/s1. The third kappa shape index (κ3) is 4.48. The lowest BCUT2D eigenvalue weighted by Gasteiger charge is -2.18. The molecule has 0 fully saturated rings. The molecule has 0 radical (unpaired) electrons. The average molecular weight is 305 g/mol. The van der Waals surface area contributed by atoms with Crippen LogP contribution in [0.3, 0.4) is 0 Å². The molecule has 112 valence electrons. The summed E-state index contributed by atoms with van der Waals surface area (Å²) in [5.74, 6) is -0.193. The highest BCUT2D eigenvalue weighted by Crippen LogP contribution is 2.14. The molecule has 0 N–H and O–H groups in total. The van der Waals surface area contributed by atoms with Gasteiger partial charge in [-0.3, -0.25) is 9.11 Å². The Morgan fingerprint density at radius 1 is 1.10 bits per heavy atom. The van der Waals surface area contributed by atoms with Crippen molar-refractivity contribution in [2.75, 3.05) is 13.3 Å². The van der Waals surface area contributed by atoms with E-state index < -0.39 is 10.8 Å². The molecule has 0 spiro atoms. The summed E-state index contributed by atoms with van der Waals surface area (Å²) in [7, 11) is 1.10. The van der Waals surface area contributed by atoms with Crippen LogP contribution in [0.1, 0.15) is 16.7 Å². The fraction of sp³-hybridized carbons (Fsp3) is 0.294. The molecular formula is C17H20FNOS. The topological polar surface area (TPSA) is 20.3 Å².